The lowest BCUT2D eigenvalue weighted by Gasteiger charge is -1.93. The maximum Gasteiger partial charge on any atom is 0.0412 e. The molecule has 0 heterocycles. The van der Waals surface area contributed by atoms with E-state index in [1.54, 1.807) is 0 Å². The summed E-state index contributed by atoms with van der Waals surface area (Å²) < 4.78 is 0. The summed E-state index contributed by atoms with van der Waals surface area (Å²) >= 11 is 0. The van der Waals surface area contributed by atoms with E-state index in [4.69, 9.17) is 5.73 Å². The lowest BCUT2D eigenvalue weighted by Crippen LogP contribution is -2.07. The van der Waals surface area contributed by atoms with E-state index in [0.29, 0.717) is 0 Å². The van der Waals surface area contributed by atoms with Gasteiger partial charge in [0.05, 0.1) is 0 Å². The summed E-state index contributed by atoms with van der Waals surface area (Å²) in [7, 11) is 1.05. The Labute approximate surface area is 51.9 Å². The van der Waals surface area contributed by atoms with Crippen LogP contribution in [0.3, 0.4) is 0 Å². The molecule has 1 nitrogen and oxygen atoms in total. The van der Waals surface area contributed by atoms with Gasteiger partial charge in [-0.2, -0.15) is 0 Å². The highest BCUT2D eigenvalue weighted by Gasteiger charge is 1.84. The average molecular weight is 123 g/mol. The molecule has 8 heavy (non-hydrogen) atoms. The third-order valence-electron chi connectivity index (χ3n) is 1.19. The van der Waals surface area contributed by atoms with Crippen LogP contribution in [-0.4, -0.2) is 10.2 Å². The normalized spacial score (nSPS) is 9.50. The van der Waals surface area contributed by atoms with Gasteiger partial charge in [-0.1, -0.05) is 18.2 Å². The topological polar surface area (TPSA) is 26.0 Å². The van der Waals surface area contributed by atoms with Crippen molar-refractivity contribution in [2.24, 2.45) is 0 Å². The minimum Gasteiger partial charge on any atom is -0.399 e. The maximum absolute atomic E-state index is 5.55. The van der Waals surface area contributed by atoms with Gasteiger partial charge in [-0.05, 0) is 11.3 Å². The second-order valence-electron chi connectivity index (χ2n) is 1.86. The molecule has 0 aliphatic rings. The summed E-state index contributed by atoms with van der Waals surface area (Å²) in [5.41, 5.74) is 6.48. The number of hydrogen-bond donors (Lipinski definition) is 1. The highest BCUT2D eigenvalue weighted by Crippen LogP contribution is 1.91. The molecule has 0 spiro atoms. The molecule has 1 aromatic rings. The molecule has 1 rings (SSSR count). The molecule has 2 heteroatoms. The van der Waals surface area contributed by atoms with Crippen LogP contribution in [0, 0.1) is 0 Å². The largest absolute Gasteiger partial charge is 0.399 e. The fraction of sp³-hybridized carbons (Fsp3) is 0. The molecule has 0 aliphatic heterocycles. The molecular weight excluding hydrogens is 114 g/mol. The summed E-state index contributed by atoms with van der Waals surface area (Å²) in [5, 5.41) is 1.28. The summed E-state index contributed by atoms with van der Waals surface area (Å²) in [5.74, 6) is 0. The van der Waals surface area contributed by atoms with Crippen LogP contribution in [0.25, 0.3) is 0 Å². The Morgan fingerprint density at radius 2 is 1.88 bits per heavy atom. The molecular formula is C6H9NSi. The number of nitrogen functional groups attached to an aromatic ring is 1. The van der Waals surface area contributed by atoms with Crippen molar-refractivity contribution in [3.05, 3.63) is 24.3 Å². The van der Waals surface area contributed by atoms with Gasteiger partial charge in [-0.25, -0.2) is 0 Å². The van der Waals surface area contributed by atoms with Gasteiger partial charge in [-0.3, -0.25) is 0 Å². The van der Waals surface area contributed by atoms with Gasteiger partial charge in [-0.15, -0.1) is 0 Å². The summed E-state index contributed by atoms with van der Waals surface area (Å²) in [6, 6.07) is 7.96. The van der Waals surface area contributed by atoms with Gasteiger partial charge in [0.25, 0.3) is 0 Å². The van der Waals surface area contributed by atoms with Crippen molar-refractivity contribution in [1.82, 2.24) is 0 Å². The van der Waals surface area contributed by atoms with Gasteiger partial charge >= 0.3 is 0 Å². The lowest BCUT2D eigenvalue weighted by molar-refractivity contribution is 1.74. The predicted molar refractivity (Wildman–Crippen MR) is 40.4 cm³/mol. The zero-order valence-corrected chi connectivity index (χ0v) is 6.89. The van der Waals surface area contributed by atoms with Gasteiger partial charge < -0.3 is 5.73 Å². The van der Waals surface area contributed by atoms with Gasteiger partial charge in [0, 0.05) is 15.9 Å². The fourth-order valence-electron chi connectivity index (χ4n) is 0.587. The number of hydrogen-bond acceptors (Lipinski definition) is 1. The molecule has 0 saturated carbocycles. The van der Waals surface area contributed by atoms with Crippen molar-refractivity contribution in [2.45, 2.75) is 0 Å². The zero-order valence-electron chi connectivity index (χ0n) is 4.89. The molecule has 0 aliphatic carbocycles. The first-order chi connectivity index (χ1) is 3.80. The first-order valence-electron chi connectivity index (χ1n) is 2.62. The van der Waals surface area contributed by atoms with Crippen LogP contribution in [-0.2, 0) is 0 Å². The van der Waals surface area contributed by atoms with Crippen molar-refractivity contribution in [3.63, 3.8) is 0 Å². The SMILES string of the molecule is Nc1ccccc1[SiH3]. The van der Waals surface area contributed by atoms with E-state index in [2.05, 4.69) is 6.07 Å². The first-order valence-corrected chi connectivity index (χ1v) is 3.62. The smallest absolute Gasteiger partial charge is 0.0412 e. The van der Waals surface area contributed by atoms with Crippen LogP contribution in [0.2, 0.25) is 0 Å². The molecule has 0 fully saturated rings. The third kappa shape index (κ3) is 0.897. The molecule has 1 aromatic carbocycles. The van der Waals surface area contributed by atoms with E-state index in [0.717, 1.165) is 15.9 Å². The Bertz CT molecular complexity index is 165. The Morgan fingerprint density at radius 3 is 2.25 bits per heavy atom. The number of benzene rings is 1. The predicted octanol–water partition coefficient (Wildman–Crippen LogP) is -0.740. The van der Waals surface area contributed by atoms with Crippen LogP contribution < -0.4 is 10.9 Å². The van der Waals surface area contributed by atoms with E-state index in [1.165, 1.54) is 5.19 Å². The van der Waals surface area contributed by atoms with Crippen LogP contribution >= 0.6 is 0 Å². The van der Waals surface area contributed by atoms with Crippen molar-refractivity contribution in [2.75, 3.05) is 5.73 Å². The van der Waals surface area contributed by atoms with E-state index < -0.39 is 0 Å². The molecule has 42 valence electrons. The van der Waals surface area contributed by atoms with Gasteiger partial charge in [0.2, 0.25) is 0 Å². The van der Waals surface area contributed by atoms with Crippen molar-refractivity contribution in [3.8, 4) is 0 Å². The molecule has 0 saturated heterocycles. The van der Waals surface area contributed by atoms with Crippen LogP contribution in [0.1, 0.15) is 0 Å². The van der Waals surface area contributed by atoms with Crippen LogP contribution in [0.5, 0.6) is 0 Å². The second kappa shape index (κ2) is 2.00. The number of nitrogens with two attached hydrogens (primary N) is 1. The highest BCUT2D eigenvalue weighted by molar-refractivity contribution is 6.35. The number of para-hydroxylation sites is 1. The van der Waals surface area contributed by atoms with Gasteiger partial charge in [0.15, 0.2) is 0 Å². The fourth-order valence-corrected chi connectivity index (χ4v) is 0.946. The average Bonchev–Trinajstić information content (AvgIpc) is 1.77. The van der Waals surface area contributed by atoms with Crippen molar-refractivity contribution >= 4 is 21.1 Å². The molecule has 2 N–H and O–H groups in total. The first kappa shape index (κ1) is 5.38. The Hall–Kier alpha value is -0.763. The van der Waals surface area contributed by atoms with E-state index in [1.807, 2.05) is 18.2 Å². The molecule has 0 aromatic heterocycles. The quantitative estimate of drug-likeness (QED) is 0.357. The Kier molecular flexibility index (Phi) is 1.35. The van der Waals surface area contributed by atoms with Crippen LogP contribution in [0.4, 0.5) is 5.69 Å². The van der Waals surface area contributed by atoms with Gasteiger partial charge in [0.1, 0.15) is 0 Å². The lowest BCUT2D eigenvalue weighted by atomic mass is 10.3. The highest BCUT2D eigenvalue weighted by atomic mass is 28.1. The van der Waals surface area contributed by atoms with E-state index in [-0.39, 0.29) is 0 Å². The monoisotopic (exact) mass is 123 g/mol. The molecule has 0 amide bonds. The third-order valence-corrected chi connectivity index (χ3v) is 2.10. The summed E-state index contributed by atoms with van der Waals surface area (Å²) in [6.07, 6.45) is 0. The minimum absolute atomic E-state index is 0.930. The van der Waals surface area contributed by atoms with E-state index >= 15 is 0 Å². The standard InChI is InChI=1S/C6H9NSi/c7-5-3-1-2-4-6(5)8/h1-4H,7H2,8H3. The number of rotatable bonds is 0. The molecule has 0 radical (unpaired) electrons. The maximum atomic E-state index is 5.55. The summed E-state index contributed by atoms with van der Waals surface area (Å²) in [6.45, 7) is 0. The van der Waals surface area contributed by atoms with Crippen molar-refractivity contribution in [1.29, 1.82) is 0 Å². The van der Waals surface area contributed by atoms with E-state index in [9.17, 15) is 0 Å². The molecule has 0 unspecified atom stereocenters. The van der Waals surface area contributed by atoms with Crippen molar-refractivity contribution < 1.29 is 0 Å². The second-order valence-corrected chi connectivity index (χ2v) is 2.93. The minimum atomic E-state index is 0.930. The molecule has 0 bridgehead atoms. The zero-order chi connectivity index (χ0) is 5.98. The van der Waals surface area contributed by atoms with Crippen LogP contribution in [0.15, 0.2) is 24.3 Å². The number of anilines is 1. The molecule has 0 atom stereocenters. The summed E-state index contributed by atoms with van der Waals surface area (Å²) in [4.78, 5) is 0. The Balaban J connectivity index is 3.13. The Morgan fingerprint density at radius 1 is 1.25 bits per heavy atom.